The Morgan fingerprint density at radius 1 is 1.16 bits per heavy atom. The molecule has 1 aromatic carbocycles. The van der Waals surface area contributed by atoms with E-state index in [9.17, 15) is 9.18 Å². The number of fused-ring (bicyclic) bond motifs is 3. The first-order chi connectivity index (χ1) is 15.2. The number of nitrogens with zero attached hydrogens (tertiary/aromatic N) is 3. The zero-order valence-corrected chi connectivity index (χ0v) is 16.8. The minimum atomic E-state index is -1.35. The minimum Gasteiger partial charge on any atom is -0.489 e. The number of pyridine rings is 1. The Hall–Kier alpha value is -3.33. The summed E-state index contributed by atoms with van der Waals surface area (Å²) in [6.07, 6.45) is 6.76. The molecule has 8 nitrogen and oxygen atoms in total. The van der Waals surface area contributed by atoms with Crippen LogP contribution in [-0.4, -0.2) is 58.8 Å². The third-order valence-electron chi connectivity index (χ3n) is 5.68. The largest absolute Gasteiger partial charge is 0.489 e. The number of benzene rings is 1. The lowest BCUT2D eigenvalue weighted by Gasteiger charge is -2.31. The molecule has 31 heavy (non-hydrogen) atoms. The van der Waals surface area contributed by atoms with Gasteiger partial charge in [-0.05, 0) is 37.6 Å². The number of piperidine rings is 1. The van der Waals surface area contributed by atoms with E-state index in [1.165, 1.54) is 6.33 Å². The van der Waals surface area contributed by atoms with Gasteiger partial charge in [0.1, 0.15) is 18.7 Å². The average Bonchev–Trinajstić information content (AvgIpc) is 2.81. The molecule has 5 rings (SSSR count). The summed E-state index contributed by atoms with van der Waals surface area (Å²) in [6, 6.07) is 5.52. The predicted octanol–water partition coefficient (Wildman–Crippen LogP) is 2.07. The maximum Gasteiger partial charge on any atom is 0.237 e. The summed E-state index contributed by atoms with van der Waals surface area (Å²) < 4.78 is 20.6. The van der Waals surface area contributed by atoms with E-state index in [4.69, 9.17) is 4.74 Å². The van der Waals surface area contributed by atoms with E-state index >= 15 is 0 Å². The van der Waals surface area contributed by atoms with Crippen molar-refractivity contribution in [2.24, 2.45) is 0 Å². The molecule has 4 heterocycles. The van der Waals surface area contributed by atoms with Gasteiger partial charge in [0.15, 0.2) is 6.17 Å². The maximum atomic E-state index is 14.6. The summed E-state index contributed by atoms with van der Waals surface area (Å²) in [5, 5.41) is 10.2. The average molecular weight is 422 g/mol. The molecule has 0 spiro atoms. The van der Waals surface area contributed by atoms with Crippen molar-refractivity contribution in [2.45, 2.75) is 31.1 Å². The fraction of sp³-hybridized carbons (Fsp3) is 0.364. The number of rotatable bonds is 1. The van der Waals surface area contributed by atoms with E-state index in [2.05, 4.69) is 30.9 Å². The van der Waals surface area contributed by atoms with Crippen molar-refractivity contribution in [2.75, 3.05) is 25.0 Å². The van der Waals surface area contributed by atoms with Crippen LogP contribution in [0.25, 0.3) is 22.0 Å². The van der Waals surface area contributed by atoms with Crippen LogP contribution in [0.2, 0.25) is 0 Å². The van der Waals surface area contributed by atoms with Crippen LogP contribution in [0.4, 0.5) is 10.1 Å². The molecule has 3 atom stereocenters. The highest BCUT2D eigenvalue weighted by atomic mass is 19.1. The topological polar surface area (TPSA) is 101 Å². The molecule has 1 amide bonds. The van der Waals surface area contributed by atoms with Crippen LogP contribution in [0.15, 0.2) is 43.1 Å². The molecular weight excluding hydrogens is 399 g/mol. The summed E-state index contributed by atoms with van der Waals surface area (Å²) in [4.78, 5) is 25.2. The second-order valence-electron chi connectivity index (χ2n) is 7.89. The number of anilines is 1. The molecule has 9 heteroatoms. The van der Waals surface area contributed by atoms with Crippen LogP contribution in [0.1, 0.15) is 12.8 Å². The van der Waals surface area contributed by atoms with Gasteiger partial charge in [0.2, 0.25) is 5.91 Å². The fourth-order valence-corrected chi connectivity index (χ4v) is 4.12. The molecule has 2 aliphatic rings. The number of amides is 1. The van der Waals surface area contributed by atoms with Crippen LogP contribution in [0.5, 0.6) is 5.75 Å². The van der Waals surface area contributed by atoms with Gasteiger partial charge in [-0.15, -0.1) is 0 Å². The van der Waals surface area contributed by atoms with Crippen LogP contribution in [0.3, 0.4) is 0 Å². The van der Waals surface area contributed by atoms with E-state index in [1.54, 1.807) is 18.6 Å². The molecule has 4 bridgehead atoms. The normalized spacial score (nSPS) is 24.0. The van der Waals surface area contributed by atoms with Crippen molar-refractivity contribution in [3.8, 4) is 16.9 Å². The predicted molar refractivity (Wildman–Crippen MR) is 115 cm³/mol. The number of carbonyl (C=O) groups is 1. The Morgan fingerprint density at radius 2 is 2.03 bits per heavy atom. The molecule has 0 radical (unpaired) electrons. The number of aromatic nitrogens is 3. The van der Waals surface area contributed by atoms with Crippen molar-refractivity contribution in [1.82, 2.24) is 25.6 Å². The lowest BCUT2D eigenvalue weighted by molar-refractivity contribution is -0.124. The Kier molecular flexibility index (Phi) is 5.33. The molecule has 2 aromatic heterocycles. The van der Waals surface area contributed by atoms with Crippen LogP contribution < -0.4 is 20.7 Å². The van der Waals surface area contributed by atoms with Gasteiger partial charge in [-0.2, -0.15) is 0 Å². The van der Waals surface area contributed by atoms with E-state index in [0.29, 0.717) is 18.7 Å². The zero-order chi connectivity index (χ0) is 21.2. The Labute approximate surface area is 178 Å². The van der Waals surface area contributed by atoms with E-state index in [1.807, 2.05) is 18.2 Å². The monoisotopic (exact) mass is 422 g/mol. The van der Waals surface area contributed by atoms with Crippen LogP contribution in [-0.2, 0) is 4.79 Å². The van der Waals surface area contributed by atoms with Crippen LogP contribution in [0, 0.1) is 0 Å². The van der Waals surface area contributed by atoms with E-state index < -0.39 is 6.17 Å². The van der Waals surface area contributed by atoms with E-state index in [0.717, 1.165) is 34.1 Å². The smallest absolute Gasteiger partial charge is 0.237 e. The minimum absolute atomic E-state index is 0.104. The molecule has 3 aromatic rings. The third kappa shape index (κ3) is 4.13. The van der Waals surface area contributed by atoms with Crippen molar-refractivity contribution in [3.63, 3.8) is 0 Å². The van der Waals surface area contributed by atoms with Gasteiger partial charge in [-0.1, -0.05) is 0 Å². The van der Waals surface area contributed by atoms with Gasteiger partial charge in [0, 0.05) is 34.9 Å². The fourth-order valence-electron chi connectivity index (χ4n) is 4.12. The van der Waals surface area contributed by atoms with Crippen LogP contribution >= 0.6 is 0 Å². The standard InChI is InChI=1S/C22H23FN6O2/c23-14-9-28-22(30)20-6-15(3-4-26-20)29-16-5-18-19(27-10-16)2-1-17(21(18)31-11-14)13-7-24-12-25-8-13/h1-2,5,7-8,10,12,14-15,20,26,29H,3-4,6,9,11H2,(H,28,30)/t14?,15-,20-/m0/s1. The molecule has 2 aliphatic heterocycles. The summed E-state index contributed by atoms with van der Waals surface area (Å²) in [5.74, 6) is 0.333. The van der Waals surface area contributed by atoms with Gasteiger partial charge < -0.3 is 20.7 Å². The molecule has 1 saturated heterocycles. The number of alkyl halides is 1. The van der Waals surface area contributed by atoms with Gasteiger partial charge in [-0.3, -0.25) is 9.78 Å². The maximum absolute atomic E-state index is 14.6. The summed E-state index contributed by atoms with van der Waals surface area (Å²) >= 11 is 0. The lowest BCUT2D eigenvalue weighted by Crippen LogP contribution is -2.52. The number of halogens is 1. The highest BCUT2D eigenvalue weighted by molar-refractivity contribution is 5.94. The first kappa shape index (κ1) is 19.6. The van der Waals surface area contributed by atoms with Crippen molar-refractivity contribution in [3.05, 3.63) is 43.1 Å². The van der Waals surface area contributed by atoms with Crippen molar-refractivity contribution in [1.29, 1.82) is 0 Å². The third-order valence-corrected chi connectivity index (χ3v) is 5.68. The van der Waals surface area contributed by atoms with Crippen molar-refractivity contribution < 1.29 is 13.9 Å². The SMILES string of the molecule is O=C1NCC(F)COc2c(-c3cncnc3)ccc3ncc(cc23)N[C@H]2CCN[C@H]1C2. The molecule has 0 aliphatic carbocycles. The highest BCUT2D eigenvalue weighted by Crippen LogP contribution is 2.37. The molecular formula is C22H23FN6O2. The number of nitrogens with one attached hydrogen (secondary N) is 3. The second-order valence-corrected chi connectivity index (χ2v) is 7.89. The first-order valence-electron chi connectivity index (χ1n) is 10.4. The molecule has 1 unspecified atom stereocenters. The molecule has 160 valence electrons. The Morgan fingerprint density at radius 3 is 2.90 bits per heavy atom. The highest BCUT2D eigenvalue weighted by Gasteiger charge is 2.28. The molecule has 3 N–H and O–H groups in total. The number of ether oxygens (including phenoxy) is 1. The second kappa shape index (κ2) is 8.43. The van der Waals surface area contributed by atoms with Gasteiger partial charge in [0.05, 0.1) is 30.0 Å². The Bertz CT molecular complexity index is 1100. The van der Waals surface area contributed by atoms with Gasteiger partial charge >= 0.3 is 0 Å². The summed E-state index contributed by atoms with van der Waals surface area (Å²) in [7, 11) is 0. The number of hydrogen-bond acceptors (Lipinski definition) is 7. The lowest BCUT2D eigenvalue weighted by atomic mass is 9.98. The zero-order valence-electron chi connectivity index (χ0n) is 16.8. The Balaban J connectivity index is 1.60. The van der Waals surface area contributed by atoms with Gasteiger partial charge in [-0.25, -0.2) is 14.4 Å². The van der Waals surface area contributed by atoms with E-state index in [-0.39, 0.29) is 31.1 Å². The summed E-state index contributed by atoms with van der Waals surface area (Å²) in [6.45, 7) is 0.411. The number of hydrogen-bond donors (Lipinski definition) is 3. The quantitative estimate of drug-likeness (QED) is 0.552. The molecule has 0 saturated carbocycles. The molecule has 1 fully saturated rings. The van der Waals surface area contributed by atoms with Gasteiger partial charge in [0.25, 0.3) is 0 Å². The summed E-state index contributed by atoms with van der Waals surface area (Å²) in [5.41, 5.74) is 3.11. The first-order valence-corrected chi connectivity index (χ1v) is 10.4. The van der Waals surface area contributed by atoms with Crippen molar-refractivity contribution >= 4 is 22.5 Å². The number of carbonyl (C=O) groups excluding carboxylic acids is 1.